The number of nitrogens with zero attached hydrogens (tertiary/aromatic N) is 2. The van der Waals surface area contributed by atoms with E-state index in [4.69, 9.17) is 9.47 Å². The van der Waals surface area contributed by atoms with Crippen LogP contribution in [0.4, 0.5) is 4.79 Å². The van der Waals surface area contributed by atoms with Gasteiger partial charge < -0.3 is 19.7 Å². The molecule has 0 spiro atoms. The molecule has 112 valence electrons. The summed E-state index contributed by atoms with van der Waals surface area (Å²) in [6.07, 6.45) is 2.81. The number of aromatic nitrogens is 1. The number of carbonyl (C=O) groups is 1. The molecule has 2 heterocycles. The molecular weight excluding hydrogens is 278 g/mol. The third kappa shape index (κ3) is 4.16. The van der Waals surface area contributed by atoms with E-state index in [0.717, 1.165) is 11.4 Å². The minimum Gasteiger partial charge on any atom is -0.382 e. The van der Waals surface area contributed by atoms with Gasteiger partial charge in [0.1, 0.15) is 5.01 Å². The Bertz CT molecular complexity index is 436. The van der Waals surface area contributed by atoms with E-state index in [1.165, 1.54) is 4.88 Å². The van der Waals surface area contributed by atoms with E-state index >= 15 is 0 Å². The first kappa shape index (κ1) is 15.2. The molecule has 1 fully saturated rings. The Hall–Kier alpha value is -1.18. The summed E-state index contributed by atoms with van der Waals surface area (Å²) in [7, 11) is 1.64. The van der Waals surface area contributed by atoms with Crippen LogP contribution in [0.1, 0.15) is 16.8 Å². The number of aryl methyl sites for hydroxylation is 1. The van der Waals surface area contributed by atoms with Crippen LogP contribution in [0.5, 0.6) is 0 Å². The summed E-state index contributed by atoms with van der Waals surface area (Å²) in [5, 5.41) is 3.85. The predicted molar refractivity (Wildman–Crippen MR) is 76.9 cm³/mol. The number of carbonyl (C=O) groups excluding carboxylic acids is 1. The van der Waals surface area contributed by atoms with Gasteiger partial charge in [0.15, 0.2) is 0 Å². The van der Waals surface area contributed by atoms with Gasteiger partial charge in [-0.25, -0.2) is 9.78 Å². The fourth-order valence-corrected chi connectivity index (χ4v) is 2.85. The van der Waals surface area contributed by atoms with Crippen LogP contribution in [0, 0.1) is 0 Å². The Balaban J connectivity index is 1.79. The fourth-order valence-electron chi connectivity index (χ4n) is 2.05. The molecule has 0 bridgehead atoms. The first-order chi connectivity index (χ1) is 9.72. The topological polar surface area (TPSA) is 63.7 Å². The lowest BCUT2D eigenvalue weighted by Crippen LogP contribution is -2.50. The Kier molecular flexibility index (Phi) is 5.75. The van der Waals surface area contributed by atoms with Gasteiger partial charge in [0, 0.05) is 24.7 Å². The highest BCUT2D eigenvalue weighted by atomic mass is 32.1. The van der Waals surface area contributed by atoms with Crippen LogP contribution in [0.25, 0.3) is 0 Å². The maximum Gasteiger partial charge on any atom is 0.317 e. The smallest absolute Gasteiger partial charge is 0.317 e. The molecule has 1 unspecified atom stereocenters. The number of morpholine rings is 1. The SMILES string of the molecule is CCc1cnc(CNC(=O)N2CCOC(COC)C2)s1. The third-order valence-corrected chi connectivity index (χ3v) is 4.26. The highest BCUT2D eigenvalue weighted by Crippen LogP contribution is 2.13. The van der Waals surface area contributed by atoms with Crippen molar-refractivity contribution in [3.05, 3.63) is 16.1 Å². The van der Waals surface area contributed by atoms with E-state index in [1.54, 1.807) is 23.3 Å². The summed E-state index contributed by atoms with van der Waals surface area (Å²) < 4.78 is 10.6. The summed E-state index contributed by atoms with van der Waals surface area (Å²) in [5.74, 6) is 0. The molecule has 2 rings (SSSR count). The molecule has 1 saturated heterocycles. The molecule has 0 radical (unpaired) electrons. The average molecular weight is 299 g/mol. The van der Waals surface area contributed by atoms with Crippen LogP contribution in [-0.2, 0) is 22.4 Å². The van der Waals surface area contributed by atoms with E-state index in [9.17, 15) is 4.79 Å². The van der Waals surface area contributed by atoms with E-state index in [2.05, 4.69) is 17.2 Å². The van der Waals surface area contributed by atoms with Crippen LogP contribution in [0.15, 0.2) is 6.20 Å². The molecule has 7 heteroatoms. The van der Waals surface area contributed by atoms with E-state index in [0.29, 0.717) is 32.8 Å². The summed E-state index contributed by atoms with van der Waals surface area (Å²) in [4.78, 5) is 19.4. The molecule has 0 aliphatic carbocycles. The quantitative estimate of drug-likeness (QED) is 0.889. The first-order valence-electron chi connectivity index (χ1n) is 6.79. The van der Waals surface area contributed by atoms with Crippen LogP contribution in [0.3, 0.4) is 0 Å². The van der Waals surface area contributed by atoms with Gasteiger partial charge in [0.2, 0.25) is 0 Å². The van der Waals surface area contributed by atoms with Crippen molar-refractivity contribution in [3.8, 4) is 0 Å². The van der Waals surface area contributed by atoms with Crippen molar-refractivity contribution in [2.24, 2.45) is 0 Å². The summed E-state index contributed by atoms with van der Waals surface area (Å²) in [6.45, 7) is 4.83. The standard InChI is InChI=1S/C13H21N3O3S/c1-3-11-6-14-12(20-11)7-15-13(17)16-4-5-19-10(8-16)9-18-2/h6,10H,3-5,7-9H2,1-2H3,(H,15,17). The minimum absolute atomic E-state index is 0.0361. The molecule has 1 N–H and O–H groups in total. The Morgan fingerprint density at radius 3 is 3.25 bits per heavy atom. The van der Waals surface area contributed by atoms with Crippen molar-refractivity contribution >= 4 is 17.4 Å². The fraction of sp³-hybridized carbons (Fsp3) is 0.692. The largest absolute Gasteiger partial charge is 0.382 e. The van der Waals surface area contributed by atoms with Gasteiger partial charge in [-0.15, -0.1) is 11.3 Å². The molecule has 20 heavy (non-hydrogen) atoms. The van der Waals surface area contributed by atoms with Crippen molar-refractivity contribution in [1.82, 2.24) is 15.2 Å². The second kappa shape index (κ2) is 7.56. The maximum absolute atomic E-state index is 12.1. The van der Waals surface area contributed by atoms with Crippen LogP contribution in [0.2, 0.25) is 0 Å². The zero-order valence-electron chi connectivity index (χ0n) is 11.9. The molecule has 2 amide bonds. The Morgan fingerprint density at radius 1 is 1.70 bits per heavy atom. The lowest BCUT2D eigenvalue weighted by molar-refractivity contribution is -0.0494. The zero-order valence-corrected chi connectivity index (χ0v) is 12.7. The highest BCUT2D eigenvalue weighted by Gasteiger charge is 2.24. The third-order valence-electron chi connectivity index (χ3n) is 3.12. The van der Waals surface area contributed by atoms with Crippen molar-refractivity contribution in [3.63, 3.8) is 0 Å². The predicted octanol–water partition coefficient (Wildman–Crippen LogP) is 1.26. The molecular formula is C13H21N3O3S. The first-order valence-corrected chi connectivity index (χ1v) is 7.61. The van der Waals surface area contributed by atoms with Gasteiger partial charge >= 0.3 is 6.03 Å². The second-order valence-corrected chi connectivity index (χ2v) is 5.83. The van der Waals surface area contributed by atoms with Gasteiger partial charge in [-0.05, 0) is 6.42 Å². The number of urea groups is 1. The molecule has 1 atom stereocenters. The lowest BCUT2D eigenvalue weighted by atomic mass is 10.3. The van der Waals surface area contributed by atoms with Gasteiger partial charge in [0.05, 0.1) is 32.4 Å². The maximum atomic E-state index is 12.1. The molecule has 6 nitrogen and oxygen atoms in total. The molecule has 0 saturated carbocycles. The second-order valence-electron chi connectivity index (χ2n) is 4.63. The number of hydrogen-bond donors (Lipinski definition) is 1. The lowest BCUT2D eigenvalue weighted by Gasteiger charge is -2.32. The average Bonchev–Trinajstić information content (AvgIpc) is 2.93. The number of rotatable bonds is 5. The number of ether oxygens (including phenoxy) is 2. The van der Waals surface area contributed by atoms with Gasteiger partial charge in [-0.1, -0.05) is 6.92 Å². The van der Waals surface area contributed by atoms with E-state index in [1.807, 2.05) is 6.20 Å². The zero-order chi connectivity index (χ0) is 14.4. The number of hydrogen-bond acceptors (Lipinski definition) is 5. The Labute approximate surface area is 123 Å². The minimum atomic E-state index is -0.0670. The van der Waals surface area contributed by atoms with Crippen molar-refractivity contribution in [2.45, 2.75) is 26.0 Å². The molecule has 1 aliphatic heterocycles. The number of methoxy groups -OCH3 is 1. The molecule has 1 aromatic rings. The van der Waals surface area contributed by atoms with Crippen LogP contribution >= 0.6 is 11.3 Å². The normalized spacial score (nSPS) is 19.1. The number of nitrogens with one attached hydrogen (secondary N) is 1. The van der Waals surface area contributed by atoms with Gasteiger partial charge in [0.25, 0.3) is 0 Å². The summed E-state index contributed by atoms with van der Waals surface area (Å²) in [6, 6.07) is -0.0670. The van der Waals surface area contributed by atoms with E-state index < -0.39 is 0 Å². The van der Waals surface area contributed by atoms with E-state index in [-0.39, 0.29) is 12.1 Å². The monoisotopic (exact) mass is 299 g/mol. The molecule has 1 aromatic heterocycles. The van der Waals surface area contributed by atoms with Gasteiger partial charge in [-0.3, -0.25) is 0 Å². The summed E-state index contributed by atoms with van der Waals surface area (Å²) >= 11 is 1.64. The van der Waals surface area contributed by atoms with Crippen molar-refractivity contribution in [1.29, 1.82) is 0 Å². The van der Waals surface area contributed by atoms with Crippen molar-refractivity contribution in [2.75, 3.05) is 33.4 Å². The number of amides is 2. The van der Waals surface area contributed by atoms with Crippen molar-refractivity contribution < 1.29 is 14.3 Å². The number of thiazole rings is 1. The highest BCUT2D eigenvalue weighted by molar-refractivity contribution is 7.11. The molecule has 0 aromatic carbocycles. The van der Waals surface area contributed by atoms with Gasteiger partial charge in [-0.2, -0.15) is 0 Å². The summed E-state index contributed by atoms with van der Waals surface area (Å²) in [5.41, 5.74) is 0. The van der Waals surface area contributed by atoms with Crippen LogP contribution < -0.4 is 5.32 Å². The molecule has 1 aliphatic rings. The Morgan fingerprint density at radius 2 is 2.55 bits per heavy atom. The van der Waals surface area contributed by atoms with Crippen LogP contribution in [-0.4, -0.2) is 55.4 Å².